The second-order valence-electron chi connectivity index (χ2n) is 7.91. The van der Waals surface area contributed by atoms with E-state index in [2.05, 4.69) is 41.4 Å². The maximum absolute atomic E-state index is 12.7. The van der Waals surface area contributed by atoms with Gasteiger partial charge in [0.15, 0.2) is 0 Å². The maximum atomic E-state index is 12.7. The number of aryl methyl sites for hydroxylation is 1. The topological polar surface area (TPSA) is 41.6 Å². The zero-order valence-corrected chi connectivity index (χ0v) is 17.4. The third-order valence-electron chi connectivity index (χ3n) is 5.71. The lowest BCUT2D eigenvalue weighted by Crippen LogP contribution is -2.37. The molecule has 0 saturated carbocycles. The first kappa shape index (κ1) is 20.2. The summed E-state index contributed by atoms with van der Waals surface area (Å²) >= 11 is 0. The Morgan fingerprint density at radius 3 is 2.23 bits per heavy atom. The van der Waals surface area contributed by atoms with Crippen LogP contribution in [0.15, 0.2) is 78.9 Å². The zero-order chi connectivity index (χ0) is 20.8. The minimum atomic E-state index is 0.0679. The van der Waals surface area contributed by atoms with Gasteiger partial charge in [-0.05, 0) is 80.4 Å². The van der Waals surface area contributed by atoms with E-state index in [9.17, 15) is 4.79 Å². The summed E-state index contributed by atoms with van der Waals surface area (Å²) in [7, 11) is 0. The van der Waals surface area contributed by atoms with Crippen LogP contribution in [0, 0.1) is 12.8 Å². The number of carbonyl (C=O) groups is 1. The molecular weight excluding hydrogens is 372 g/mol. The number of anilines is 1. The quantitative estimate of drug-likeness (QED) is 0.582. The van der Waals surface area contributed by atoms with Crippen molar-refractivity contribution in [1.82, 2.24) is 4.90 Å². The lowest BCUT2D eigenvalue weighted by Gasteiger charge is -2.31. The number of rotatable bonds is 6. The second kappa shape index (κ2) is 9.59. The van der Waals surface area contributed by atoms with Gasteiger partial charge in [0.1, 0.15) is 11.5 Å². The fraction of sp³-hybridized carbons (Fsp3) is 0.269. The smallest absolute Gasteiger partial charge is 0.227 e. The molecule has 1 fully saturated rings. The van der Waals surface area contributed by atoms with Crippen LogP contribution < -0.4 is 10.1 Å². The summed E-state index contributed by atoms with van der Waals surface area (Å²) in [6.45, 7) is 5.03. The van der Waals surface area contributed by atoms with Gasteiger partial charge >= 0.3 is 0 Å². The molecule has 1 aliphatic rings. The average Bonchev–Trinajstić information content (AvgIpc) is 2.78. The molecule has 3 aromatic carbocycles. The highest BCUT2D eigenvalue weighted by molar-refractivity contribution is 5.92. The second-order valence-corrected chi connectivity index (χ2v) is 7.91. The van der Waals surface area contributed by atoms with Gasteiger partial charge in [0.2, 0.25) is 5.91 Å². The molecule has 0 unspecified atom stereocenters. The van der Waals surface area contributed by atoms with Crippen LogP contribution in [-0.2, 0) is 11.3 Å². The monoisotopic (exact) mass is 400 g/mol. The molecule has 30 heavy (non-hydrogen) atoms. The summed E-state index contributed by atoms with van der Waals surface area (Å²) in [6.07, 6.45) is 1.79. The highest BCUT2D eigenvalue weighted by Gasteiger charge is 2.25. The van der Waals surface area contributed by atoms with Gasteiger partial charge in [-0.15, -0.1) is 0 Å². The van der Waals surface area contributed by atoms with Crippen LogP contribution in [-0.4, -0.2) is 23.9 Å². The van der Waals surface area contributed by atoms with Gasteiger partial charge in [-0.3, -0.25) is 9.69 Å². The van der Waals surface area contributed by atoms with Gasteiger partial charge in [0.05, 0.1) is 0 Å². The van der Waals surface area contributed by atoms with Crippen molar-refractivity contribution in [2.45, 2.75) is 26.3 Å². The van der Waals surface area contributed by atoms with Crippen molar-refractivity contribution in [3.8, 4) is 11.5 Å². The molecule has 1 heterocycles. The molecule has 0 aromatic heterocycles. The predicted octanol–water partition coefficient (Wildman–Crippen LogP) is 5.64. The molecular formula is C26H28N2O2. The molecule has 1 aliphatic heterocycles. The molecule has 4 rings (SSSR count). The van der Waals surface area contributed by atoms with Crippen molar-refractivity contribution >= 4 is 11.6 Å². The molecule has 154 valence electrons. The van der Waals surface area contributed by atoms with Gasteiger partial charge in [-0.1, -0.05) is 42.5 Å². The summed E-state index contributed by atoms with van der Waals surface area (Å²) in [5.74, 6) is 1.73. The Balaban J connectivity index is 1.26. The molecule has 1 amide bonds. The molecule has 1 saturated heterocycles. The number of benzene rings is 3. The summed E-state index contributed by atoms with van der Waals surface area (Å²) in [5.41, 5.74) is 3.51. The Morgan fingerprint density at radius 1 is 0.900 bits per heavy atom. The number of hydrogen-bond acceptors (Lipinski definition) is 3. The van der Waals surface area contributed by atoms with Crippen molar-refractivity contribution in [2.75, 3.05) is 18.4 Å². The van der Waals surface area contributed by atoms with E-state index in [1.54, 1.807) is 0 Å². The first-order valence-electron chi connectivity index (χ1n) is 10.6. The van der Waals surface area contributed by atoms with Crippen molar-refractivity contribution in [3.63, 3.8) is 0 Å². The minimum Gasteiger partial charge on any atom is -0.457 e. The summed E-state index contributed by atoms with van der Waals surface area (Å²) in [5, 5.41) is 3.06. The summed E-state index contributed by atoms with van der Waals surface area (Å²) < 4.78 is 5.81. The van der Waals surface area contributed by atoms with Crippen molar-refractivity contribution in [1.29, 1.82) is 0 Å². The third kappa shape index (κ3) is 5.28. The Kier molecular flexibility index (Phi) is 6.45. The fourth-order valence-corrected chi connectivity index (χ4v) is 3.86. The van der Waals surface area contributed by atoms with Crippen molar-refractivity contribution in [3.05, 3.63) is 90.0 Å². The number of nitrogens with one attached hydrogen (secondary N) is 1. The first-order chi connectivity index (χ1) is 14.7. The number of amides is 1. The van der Waals surface area contributed by atoms with Crippen molar-refractivity contribution < 1.29 is 9.53 Å². The third-order valence-corrected chi connectivity index (χ3v) is 5.71. The molecule has 4 heteroatoms. The number of nitrogens with zero attached hydrogens (tertiary/aromatic N) is 1. The molecule has 0 radical (unpaired) electrons. The van der Waals surface area contributed by atoms with Crippen LogP contribution in [0.4, 0.5) is 5.69 Å². The fourth-order valence-electron chi connectivity index (χ4n) is 3.86. The van der Waals surface area contributed by atoms with E-state index in [4.69, 9.17) is 4.74 Å². The lowest BCUT2D eigenvalue weighted by molar-refractivity contribution is -0.121. The van der Waals surface area contributed by atoms with Gasteiger partial charge in [0.25, 0.3) is 0 Å². The molecule has 0 aliphatic carbocycles. The lowest BCUT2D eigenvalue weighted by atomic mass is 9.95. The number of para-hydroxylation sites is 1. The SMILES string of the molecule is Cc1ccccc1CN1CCC(C(=O)Nc2ccc(Oc3ccccc3)cc2)CC1. The normalized spacial score (nSPS) is 15.0. The standard InChI is InChI=1S/C26H28N2O2/c1-20-7-5-6-8-22(20)19-28-17-15-21(16-18-28)26(29)27-23-11-13-25(14-12-23)30-24-9-3-2-4-10-24/h2-14,21H,15-19H2,1H3,(H,27,29). The molecule has 0 spiro atoms. The van der Waals surface area contributed by atoms with Gasteiger partial charge in [-0.2, -0.15) is 0 Å². The molecule has 0 atom stereocenters. The average molecular weight is 401 g/mol. The number of hydrogen-bond donors (Lipinski definition) is 1. The molecule has 0 bridgehead atoms. The van der Waals surface area contributed by atoms with Gasteiger partial charge in [0, 0.05) is 18.2 Å². The molecule has 1 N–H and O–H groups in total. The summed E-state index contributed by atoms with van der Waals surface area (Å²) in [6, 6.07) is 25.8. The zero-order valence-electron chi connectivity index (χ0n) is 17.4. The Morgan fingerprint density at radius 2 is 1.53 bits per heavy atom. The Bertz CT molecular complexity index is 962. The molecule has 3 aromatic rings. The van der Waals surface area contributed by atoms with E-state index in [0.29, 0.717) is 0 Å². The molecule has 4 nitrogen and oxygen atoms in total. The number of likely N-dealkylation sites (tertiary alicyclic amines) is 1. The van der Waals surface area contributed by atoms with E-state index in [1.807, 2.05) is 54.6 Å². The van der Waals surface area contributed by atoms with E-state index < -0.39 is 0 Å². The van der Waals surface area contributed by atoms with Crippen LogP contribution in [0.1, 0.15) is 24.0 Å². The van der Waals surface area contributed by atoms with Crippen LogP contribution in [0.5, 0.6) is 11.5 Å². The number of carbonyl (C=O) groups excluding carboxylic acids is 1. The van der Waals surface area contributed by atoms with Crippen molar-refractivity contribution in [2.24, 2.45) is 5.92 Å². The van der Waals surface area contributed by atoms with Crippen LogP contribution in [0.3, 0.4) is 0 Å². The summed E-state index contributed by atoms with van der Waals surface area (Å²) in [4.78, 5) is 15.1. The number of ether oxygens (including phenoxy) is 1. The van der Waals surface area contributed by atoms with Gasteiger partial charge < -0.3 is 10.1 Å². The van der Waals surface area contributed by atoms with E-state index in [0.717, 1.165) is 49.7 Å². The van der Waals surface area contributed by atoms with E-state index >= 15 is 0 Å². The first-order valence-corrected chi connectivity index (χ1v) is 10.6. The van der Waals surface area contributed by atoms with Crippen LogP contribution in [0.25, 0.3) is 0 Å². The van der Waals surface area contributed by atoms with Gasteiger partial charge in [-0.25, -0.2) is 0 Å². The minimum absolute atomic E-state index is 0.0679. The Hall–Kier alpha value is -3.11. The van der Waals surface area contributed by atoms with Crippen LogP contribution in [0.2, 0.25) is 0 Å². The Labute approximate surface area is 178 Å². The van der Waals surface area contributed by atoms with E-state index in [1.165, 1.54) is 11.1 Å². The largest absolute Gasteiger partial charge is 0.457 e. The van der Waals surface area contributed by atoms with Crippen LogP contribution >= 0.6 is 0 Å². The maximum Gasteiger partial charge on any atom is 0.227 e. The predicted molar refractivity (Wildman–Crippen MR) is 121 cm³/mol. The highest BCUT2D eigenvalue weighted by Crippen LogP contribution is 2.25. The highest BCUT2D eigenvalue weighted by atomic mass is 16.5. The van der Waals surface area contributed by atoms with E-state index in [-0.39, 0.29) is 11.8 Å². The number of piperidine rings is 1.